The van der Waals surface area contributed by atoms with Gasteiger partial charge in [0.15, 0.2) is 0 Å². The van der Waals surface area contributed by atoms with Gasteiger partial charge in [-0.2, -0.15) is 0 Å². The topological polar surface area (TPSA) is 71.3 Å². The number of furan rings is 1. The van der Waals surface area contributed by atoms with E-state index in [1.165, 1.54) is 0 Å². The van der Waals surface area contributed by atoms with E-state index in [1.54, 1.807) is 18.2 Å². The normalized spacial score (nSPS) is 10.7. The summed E-state index contributed by atoms with van der Waals surface area (Å²) < 4.78 is 5.79. The van der Waals surface area contributed by atoms with Gasteiger partial charge in [0.25, 0.3) is 11.8 Å². The fourth-order valence-corrected chi connectivity index (χ4v) is 3.13. The zero-order valence-electron chi connectivity index (χ0n) is 16.2. The monoisotopic (exact) mass is 384 g/mol. The van der Waals surface area contributed by atoms with Crippen molar-refractivity contribution in [2.45, 2.75) is 13.8 Å². The summed E-state index contributed by atoms with van der Waals surface area (Å²) in [5.74, 6) is -0.665. The Kier molecular flexibility index (Phi) is 4.87. The van der Waals surface area contributed by atoms with Crippen LogP contribution in [-0.2, 0) is 0 Å². The van der Waals surface area contributed by atoms with Crippen LogP contribution in [0.25, 0.3) is 11.0 Å². The molecular weight excluding hydrogens is 364 g/mol. The number of hydrogen-bond acceptors (Lipinski definition) is 3. The van der Waals surface area contributed by atoms with Crippen molar-refractivity contribution in [3.8, 4) is 0 Å². The van der Waals surface area contributed by atoms with Crippen molar-refractivity contribution in [3.63, 3.8) is 0 Å². The summed E-state index contributed by atoms with van der Waals surface area (Å²) >= 11 is 0. The van der Waals surface area contributed by atoms with Crippen molar-refractivity contribution >= 4 is 34.2 Å². The molecule has 0 radical (unpaired) electrons. The van der Waals surface area contributed by atoms with E-state index in [1.807, 2.05) is 68.4 Å². The molecule has 0 saturated carbocycles. The molecule has 0 atom stereocenters. The highest BCUT2D eigenvalue weighted by Gasteiger charge is 2.23. The number of rotatable bonds is 4. The van der Waals surface area contributed by atoms with Crippen LogP contribution in [0.4, 0.5) is 11.4 Å². The van der Waals surface area contributed by atoms with Gasteiger partial charge in [-0.15, -0.1) is 0 Å². The lowest BCUT2D eigenvalue weighted by Crippen LogP contribution is -2.17. The summed E-state index contributed by atoms with van der Waals surface area (Å²) in [4.78, 5) is 25.7. The molecule has 0 aliphatic rings. The molecule has 0 aliphatic heterocycles. The number of carbonyl (C=O) groups excluding carboxylic acids is 2. The molecule has 0 saturated heterocycles. The molecule has 5 nitrogen and oxygen atoms in total. The summed E-state index contributed by atoms with van der Waals surface area (Å²) in [7, 11) is 0. The maximum absolute atomic E-state index is 12.9. The molecule has 0 spiro atoms. The first-order valence-electron chi connectivity index (χ1n) is 9.29. The third-order valence-corrected chi connectivity index (χ3v) is 4.63. The highest BCUT2D eigenvalue weighted by Crippen LogP contribution is 2.32. The van der Waals surface area contributed by atoms with Crippen LogP contribution in [0, 0.1) is 13.8 Å². The van der Waals surface area contributed by atoms with Gasteiger partial charge in [0.2, 0.25) is 5.76 Å². The highest BCUT2D eigenvalue weighted by atomic mass is 16.3. The summed E-state index contributed by atoms with van der Waals surface area (Å²) in [6, 6.07) is 22.0. The standard InChI is InChI=1S/C24H20N2O3/c1-15-10-12-18(13-11-15)25-24(28)22-21(19-8-3-4-9-20(19)29-22)26-23(27)17-7-5-6-16(2)14-17/h3-14H,1-2H3,(H,25,28)(H,26,27). The number of para-hydroxylation sites is 1. The van der Waals surface area contributed by atoms with E-state index in [-0.39, 0.29) is 11.7 Å². The molecule has 4 aromatic rings. The number of nitrogens with one attached hydrogen (secondary N) is 2. The minimum absolute atomic E-state index is 0.0628. The molecule has 0 unspecified atom stereocenters. The third-order valence-electron chi connectivity index (χ3n) is 4.63. The van der Waals surface area contributed by atoms with Gasteiger partial charge in [0.1, 0.15) is 11.3 Å². The average molecular weight is 384 g/mol. The van der Waals surface area contributed by atoms with Crippen molar-refractivity contribution in [3.05, 3.63) is 95.2 Å². The van der Waals surface area contributed by atoms with Gasteiger partial charge in [0, 0.05) is 16.6 Å². The Morgan fingerprint density at radius 3 is 2.28 bits per heavy atom. The maximum Gasteiger partial charge on any atom is 0.293 e. The molecule has 1 aromatic heterocycles. The molecule has 0 fully saturated rings. The third kappa shape index (κ3) is 3.89. The zero-order valence-corrected chi connectivity index (χ0v) is 16.2. The predicted octanol–water partition coefficient (Wildman–Crippen LogP) is 5.55. The van der Waals surface area contributed by atoms with E-state index in [2.05, 4.69) is 10.6 Å². The Hall–Kier alpha value is -3.86. The van der Waals surface area contributed by atoms with Crippen LogP contribution >= 0.6 is 0 Å². The number of anilines is 2. The smallest absolute Gasteiger partial charge is 0.293 e. The van der Waals surface area contributed by atoms with E-state index in [4.69, 9.17) is 4.42 Å². The fourth-order valence-electron chi connectivity index (χ4n) is 3.13. The van der Waals surface area contributed by atoms with Gasteiger partial charge in [-0.1, -0.05) is 47.5 Å². The number of hydrogen-bond donors (Lipinski definition) is 2. The molecule has 3 aromatic carbocycles. The lowest BCUT2D eigenvalue weighted by Gasteiger charge is -2.08. The number of amides is 2. The van der Waals surface area contributed by atoms with Crippen LogP contribution < -0.4 is 10.6 Å². The molecule has 1 heterocycles. The summed E-state index contributed by atoms with van der Waals surface area (Å²) in [6.45, 7) is 3.90. The summed E-state index contributed by atoms with van der Waals surface area (Å²) in [6.07, 6.45) is 0. The van der Waals surface area contributed by atoms with Gasteiger partial charge in [-0.25, -0.2) is 0 Å². The number of carbonyl (C=O) groups is 2. The first-order valence-corrected chi connectivity index (χ1v) is 9.29. The minimum Gasteiger partial charge on any atom is -0.449 e. The van der Waals surface area contributed by atoms with Crippen LogP contribution in [0.3, 0.4) is 0 Å². The molecular formula is C24H20N2O3. The van der Waals surface area contributed by atoms with Crippen molar-refractivity contribution < 1.29 is 14.0 Å². The Balaban J connectivity index is 1.69. The van der Waals surface area contributed by atoms with Crippen LogP contribution in [0.2, 0.25) is 0 Å². The second kappa shape index (κ2) is 7.64. The number of fused-ring (bicyclic) bond motifs is 1. The summed E-state index contributed by atoms with van der Waals surface area (Å²) in [5, 5.41) is 6.35. The maximum atomic E-state index is 12.9. The Morgan fingerprint density at radius 1 is 0.759 bits per heavy atom. The average Bonchev–Trinajstić information content (AvgIpc) is 3.08. The molecule has 2 N–H and O–H groups in total. The van der Waals surface area contributed by atoms with Crippen LogP contribution in [0.1, 0.15) is 32.0 Å². The zero-order chi connectivity index (χ0) is 20.4. The Morgan fingerprint density at radius 2 is 1.52 bits per heavy atom. The first kappa shape index (κ1) is 18.5. The highest BCUT2D eigenvalue weighted by molar-refractivity contribution is 6.16. The fraction of sp³-hybridized carbons (Fsp3) is 0.0833. The SMILES string of the molecule is Cc1ccc(NC(=O)c2oc3ccccc3c2NC(=O)c2cccc(C)c2)cc1. The van der Waals surface area contributed by atoms with Crippen LogP contribution in [0.15, 0.2) is 77.2 Å². The molecule has 2 amide bonds. The molecule has 4 rings (SSSR count). The van der Waals surface area contributed by atoms with Gasteiger partial charge in [-0.3, -0.25) is 9.59 Å². The number of aryl methyl sites for hydroxylation is 2. The van der Waals surface area contributed by atoms with Crippen molar-refractivity contribution in [1.29, 1.82) is 0 Å². The van der Waals surface area contributed by atoms with Crippen molar-refractivity contribution in [1.82, 2.24) is 0 Å². The Labute approximate surface area is 168 Å². The molecule has 5 heteroatoms. The van der Waals surface area contributed by atoms with Gasteiger partial charge >= 0.3 is 0 Å². The molecule has 144 valence electrons. The van der Waals surface area contributed by atoms with Crippen molar-refractivity contribution in [2.24, 2.45) is 0 Å². The number of benzene rings is 3. The minimum atomic E-state index is -0.426. The summed E-state index contributed by atoms with van der Waals surface area (Å²) in [5.41, 5.74) is 4.12. The van der Waals surface area contributed by atoms with Gasteiger partial charge < -0.3 is 15.1 Å². The lowest BCUT2D eigenvalue weighted by atomic mass is 10.1. The Bertz CT molecular complexity index is 1210. The first-order chi connectivity index (χ1) is 14.0. The second-order valence-electron chi connectivity index (χ2n) is 6.95. The molecule has 0 bridgehead atoms. The van der Waals surface area contributed by atoms with E-state index in [0.29, 0.717) is 27.9 Å². The predicted molar refractivity (Wildman–Crippen MR) is 114 cm³/mol. The lowest BCUT2D eigenvalue weighted by molar-refractivity contribution is 0.0999. The second-order valence-corrected chi connectivity index (χ2v) is 6.95. The van der Waals surface area contributed by atoms with E-state index in [9.17, 15) is 9.59 Å². The molecule has 0 aliphatic carbocycles. The quantitative estimate of drug-likeness (QED) is 0.484. The van der Waals surface area contributed by atoms with Crippen molar-refractivity contribution in [2.75, 3.05) is 10.6 Å². The molecule has 29 heavy (non-hydrogen) atoms. The van der Waals surface area contributed by atoms with E-state index < -0.39 is 5.91 Å². The largest absolute Gasteiger partial charge is 0.449 e. The van der Waals surface area contributed by atoms with Crippen LogP contribution in [-0.4, -0.2) is 11.8 Å². The van der Waals surface area contributed by atoms with Gasteiger partial charge in [0.05, 0.1) is 0 Å². The van der Waals surface area contributed by atoms with Crippen LogP contribution in [0.5, 0.6) is 0 Å². The van der Waals surface area contributed by atoms with Gasteiger partial charge in [-0.05, 0) is 50.2 Å². The van der Waals surface area contributed by atoms with E-state index >= 15 is 0 Å². The van der Waals surface area contributed by atoms with E-state index in [0.717, 1.165) is 11.1 Å².